The summed E-state index contributed by atoms with van der Waals surface area (Å²) in [7, 11) is 0. The molecule has 2 unspecified atom stereocenters. The molecule has 1 aliphatic carbocycles. The van der Waals surface area contributed by atoms with E-state index in [0.717, 1.165) is 6.42 Å². The molecule has 18 heavy (non-hydrogen) atoms. The minimum absolute atomic E-state index is 0.133. The van der Waals surface area contributed by atoms with Crippen LogP contribution in [0.25, 0.3) is 0 Å². The second-order valence-corrected chi connectivity index (χ2v) is 5.45. The van der Waals surface area contributed by atoms with Crippen LogP contribution in [-0.2, 0) is 6.42 Å². The number of fused-ring (bicyclic) bond motifs is 1. The molecule has 0 amide bonds. The Morgan fingerprint density at radius 2 is 2.33 bits per heavy atom. The monoisotopic (exact) mass is 258 g/mol. The minimum Gasteiger partial charge on any atom is -0.366 e. The maximum absolute atomic E-state index is 4.94. The number of hydrogen-bond acceptors (Lipinski definition) is 3. The Labute approximate surface area is 113 Å². The van der Waals surface area contributed by atoms with Crippen LogP contribution < -0.4 is 10.6 Å². The highest BCUT2D eigenvalue weighted by Crippen LogP contribution is 2.38. The number of rotatable bonds is 3. The summed E-state index contributed by atoms with van der Waals surface area (Å²) < 4.78 is 0. The number of nitrogens with one attached hydrogen (secondary N) is 2. The van der Waals surface area contributed by atoms with Crippen LogP contribution in [-0.4, -0.2) is 11.5 Å². The van der Waals surface area contributed by atoms with Crippen LogP contribution in [0.2, 0.25) is 0 Å². The van der Waals surface area contributed by atoms with Crippen molar-refractivity contribution < 1.29 is 0 Å². The largest absolute Gasteiger partial charge is 0.366 e. The Morgan fingerprint density at radius 3 is 3.11 bits per heavy atom. The molecule has 0 saturated carbocycles. The summed E-state index contributed by atoms with van der Waals surface area (Å²) in [6, 6.07) is 6.69. The smallest absolute Gasteiger partial charge is 0.126 e. The van der Waals surface area contributed by atoms with E-state index in [9.17, 15) is 0 Å². The molecule has 2 atom stereocenters. The van der Waals surface area contributed by atoms with Crippen LogP contribution >= 0.6 is 12.2 Å². The first-order chi connectivity index (χ1) is 8.78. The third kappa shape index (κ3) is 2.03. The highest BCUT2D eigenvalue weighted by atomic mass is 32.1. The molecule has 1 aliphatic heterocycles. The summed E-state index contributed by atoms with van der Waals surface area (Å²) in [5, 5.41) is 8.37. The highest BCUT2D eigenvalue weighted by molar-refractivity contribution is 7.79. The zero-order valence-electron chi connectivity index (χ0n) is 10.6. The molecule has 0 saturated heterocycles. The van der Waals surface area contributed by atoms with Crippen LogP contribution in [0.5, 0.6) is 0 Å². The molecule has 2 nitrogen and oxygen atoms in total. The van der Waals surface area contributed by atoms with E-state index < -0.39 is 0 Å². The van der Waals surface area contributed by atoms with Crippen LogP contribution in [0.3, 0.4) is 0 Å². The predicted octanol–water partition coefficient (Wildman–Crippen LogP) is 2.77. The van der Waals surface area contributed by atoms with Crippen LogP contribution in [0.15, 0.2) is 30.1 Å². The first-order valence-corrected chi connectivity index (χ1v) is 7.00. The van der Waals surface area contributed by atoms with E-state index in [0.29, 0.717) is 5.92 Å². The van der Waals surface area contributed by atoms with Crippen molar-refractivity contribution in [2.75, 3.05) is 0 Å². The van der Waals surface area contributed by atoms with E-state index in [1.54, 1.807) is 16.5 Å². The van der Waals surface area contributed by atoms with Gasteiger partial charge in [-0.2, -0.15) is 0 Å². The SMILES string of the molecule is Cc1cccc2c1CCC2CC1=CNC(C=S)N1. The van der Waals surface area contributed by atoms with Gasteiger partial charge in [-0.3, -0.25) is 0 Å². The van der Waals surface area contributed by atoms with Crippen molar-refractivity contribution in [2.45, 2.75) is 38.3 Å². The van der Waals surface area contributed by atoms with Gasteiger partial charge in [0, 0.05) is 17.3 Å². The summed E-state index contributed by atoms with van der Waals surface area (Å²) in [6.45, 7) is 2.22. The molecular formula is C15H18N2S. The maximum Gasteiger partial charge on any atom is 0.126 e. The normalized spacial score (nSPS) is 25.1. The van der Waals surface area contributed by atoms with Crippen molar-refractivity contribution in [3.8, 4) is 0 Å². The van der Waals surface area contributed by atoms with E-state index >= 15 is 0 Å². The molecule has 1 heterocycles. The summed E-state index contributed by atoms with van der Waals surface area (Å²) in [5.74, 6) is 0.657. The first-order valence-electron chi connectivity index (χ1n) is 6.53. The molecular weight excluding hydrogens is 240 g/mol. The van der Waals surface area contributed by atoms with E-state index in [4.69, 9.17) is 12.2 Å². The fourth-order valence-electron chi connectivity index (χ4n) is 3.07. The van der Waals surface area contributed by atoms with Gasteiger partial charge in [0.25, 0.3) is 0 Å². The number of hydrogen-bond donors (Lipinski definition) is 2. The standard InChI is InChI=1S/C15H18N2S/c1-10-3-2-4-14-11(5-6-13(10)14)7-12-8-16-15(9-18)17-12/h2-4,8-9,11,15-17H,5-7H2,1H3. The van der Waals surface area contributed by atoms with E-state index in [-0.39, 0.29) is 6.17 Å². The zero-order chi connectivity index (χ0) is 12.5. The van der Waals surface area contributed by atoms with Gasteiger partial charge in [0.2, 0.25) is 0 Å². The third-order valence-corrected chi connectivity index (χ3v) is 4.28. The molecule has 0 radical (unpaired) electrons. The van der Waals surface area contributed by atoms with Gasteiger partial charge in [0.15, 0.2) is 0 Å². The summed E-state index contributed by atoms with van der Waals surface area (Å²) in [5.41, 5.74) is 5.84. The Balaban J connectivity index is 1.74. The predicted molar refractivity (Wildman–Crippen MR) is 78.7 cm³/mol. The molecule has 94 valence electrons. The minimum atomic E-state index is 0.133. The van der Waals surface area contributed by atoms with Crippen molar-refractivity contribution in [3.05, 3.63) is 46.8 Å². The molecule has 3 heteroatoms. The molecule has 3 rings (SSSR count). The molecule has 0 aromatic heterocycles. The maximum atomic E-state index is 4.94. The quantitative estimate of drug-likeness (QED) is 0.815. The van der Waals surface area contributed by atoms with E-state index in [1.807, 2.05) is 0 Å². The van der Waals surface area contributed by atoms with Gasteiger partial charge in [-0.05, 0) is 48.8 Å². The first kappa shape index (κ1) is 11.7. The Morgan fingerprint density at radius 1 is 1.44 bits per heavy atom. The van der Waals surface area contributed by atoms with Gasteiger partial charge in [-0.1, -0.05) is 30.4 Å². The van der Waals surface area contributed by atoms with Gasteiger partial charge in [0.1, 0.15) is 6.17 Å². The van der Waals surface area contributed by atoms with Gasteiger partial charge in [0.05, 0.1) is 0 Å². The van der Waals surface area contributed by atoms with Gasteiger partial charge in [-0.25, -0.2) is 0 Å². The van der Waals surface area contributed by atoms with Crippen LogP contribution in [0, 0.1) is 6.92 Å². The topological polar surface area (TPSA) is 24.1 Å². The summed E-state index contributed by atoms with van der Waals surface area (Å²) in [6.07, 6.45) is 5.78. The lowest BCUT2D eigenvalue weighted by atomic mass is 9.95. The van der Waals surface area contributed by atoms with Crippen molar-refractivity contribution in [1.29, 1.82) is 0 Å². The fourth-order valence-corrected chi connectivity index (χ4v) is 3.21. The van der Waals surface area contributed by atoms with E-state index in [1.165, 1.54) is 24.1 Å². The van der Waals surface area contributed by atoms with Crippen molar-refractivity contribution >= 4 is 17.6 Å². The zero-order valence-corrected chi connectivity index (χ0v) is 11.4. The lowest BCUT2D eigenvalue weighted by molar-refractivity contribution is 0.628. The van der Waals surface area contributed by atoms with Crippen LogP contribution in [0.4, 0.5) is 0 Å². The molecule has 2 N–H and O–H groups in total. The van der Waals surface area contributed by atoms with Crippen molar-refractivity contribution in [2.24, 2.45) is 0 Å². The van der Waals surface area contributed by atoms with Gasteiger partial charge in [-0.15, -0.1) is 0 Å². The number of aryl methyl sites for hydroxylation is 1. The van der Waals surface area contributed by atoms with Crippen molar-refractivity contribution in [1.82, 2.24) is 10.6 Å². The molecule has 0 fully saturated rings. The van der Waals surface area contributed by atoms with Crippen molar-refractivity contribution in [3.63, 3.8) is 0 Å². The highest BCUT2D eigenvalue weighted by Gasteiger charge is 2.25. The van der Waals surface area contributed by atoms with Gasteiger partial charge < -0.3 is 10.6 Å². The lowest BCUT2D eigenvalue weighted by Gasteiger charge is -2.14. The fraction of sp³-hybridized carbons (Fsp3) is 0.400. The Hall–Kier alpha value is -1.35. The molecule has 0 bridgehead atoms. The number of allylic oxidation sites excluding steroid dienone is 1. The second kappa shape index (κ2) is 4.73. The molecule has 2 aliphatic rings. The second-order valence-electron chi connectivity index (χ2n) is 5.18. The van der Waals surface area contributed by atoms with Gasteiger partial charge >= 0.3 is 0 Å². The summed E-state index contributed by atoms with van der Waals surface area (Å²) in [4.78, 5) is 0. The van der Waals surface area contributed by atoms with E-state index in [2.05, 4.69) is 42.0 Å². The Kier molecular flexibility index (Phi) is 3.08. The third-order valence-electron chi connectivity index (χ3n) is 4.01. The average Bonchev–Trinajstić information content (AvgIpc) is 2.98. The Bertz CT molecular complexity index is 507. The summed E-state index contributed by atoms with van der Waals surface area (Å²) >= 11 is 4.94. The lowest BCUT2D eigenvalue weighted by Crippen LogP contribution is -2.32. The molecule has 1 aromatic rings. The number of thiocarbonyl (C=S) groups is 1. The average molecular weight is 258 g/mol. The number of benzene rings is 1. The molecule has 1 aromatic carbocycles. The van der Waals surface area contributed by atoms with Crippen LogP contribution in [0.1, 0.15) is 35.4 Å². The molecule has 0 spiro atoms.